The molecule has 2 heterocycles. The van der Waals surface area contributed by atoms with E-state index in [9.17, 15) is 0 Å². The molecule has 2 rings (SSSR count). The van der Waals surface area contributed by atoms with E-state index in [2.05, 4.69) is 16.5 Å². The Morgan fingerprint density at radius 1 is 1.71 bits per heavy atom. The van der Waals surface area contributed by atoms with Crippen LogP contribution in [-0.4, -0.2) is 22.8 Å². The average molecular weight is 195 g/mol. The highest BCUT2D eigenvalue weighted by Gasteiger charge is 2.33. The summed E-state index contributed by atoms with van der Waals surface area (Å²) in [6, 6.07) is 0.0231. The summed E-state index contributed by atoms with van der Waals surface area (Å²) >= 11 is 0. The first-order valence-electron chi connectivity index (χ1n) is 4.99. The largest absolute Gasteiger partial charge is 0.379 e. The van der Waals surface area contributed by atoms with Gasteiger partial charge in [-0.3, -0.25) is 0 Å². The van der Waals surface area contributed by atoms with Gasteiger partial charge in [0.25, 0.3) is 0 Å². The molecular formula is C10H17N3O. The lowest BCUT2D eigenvalue weighted by Crippen LogP contribution is -2.32. The van der Waals surface area contributed by atoms with Crippen molar-refractivity contribution in [3.8, 4) is 0 Å². The van der Waals surface area contributed by atoms with Crippen LogP contribution in [0.4, 0.5) is 0 Å². The molecule has 78 valence electrons. The zero-order chi connectivity index (χ0) is 10.2. The number of aromatic nitrogens is 2. The molecule has 0 bridgehead atoms. The van der Waals surface area contributed by atoms with Gasteiger partial charge in [-0.05, 0) is 20.3 Å². The number of nitrogens with two attached hydrogens (primary N) is 1. The maximum Gasteiger partial charge on any atom is 0.0954 e. The number of ether oxygens (including phenoxy) is 1. The number of rotatable bonds is 2. The van der Waals surface area contributed by atoms with Crippen LogP contribution in [0.1, 0.15) is 32.0 Å². The molecule has 1 aromatic heterocycles. The molecule has 1 saturated heterocycles. The van der Waals surface area contributed by atoms with E-state index in [1.807, 2.05) is 19.4 Å². The lowest BCUT2D eigenvalue weighted by molar-refractivity contribution is 0.160. The summed E-state index contributed by atoms with van der Waals surface area (Å²) in [5.74, 6) is 0. The van der Waals surface area contributed by atoms with Gasteiger partial charge in [-0.2, -0.15) is 0 Å². The molecule has 14 heavy (non-hydrogen) atoms. The first-order valence-corrected chi connectivity index (χ1v) is 4.99. The van der Waals surface area contributed by atoms with Crippen LogP contribution >= 0.6 is 0 Å². The molecule has 0 aliphatic carbocycles. The molecule has 1 aromatic rings. The highest BCUT2D eigenvalue weighted by molar-refractivity contribution is 5.08. The van der Waals surface area contributed by atoms with Crippen LogP contribution < -0.4 is 5.73 Å². The minimum Gasteiger partial charge on any atom is -0.379 e. The number of hydrogen-bond acceptors (Lipinski definition) is 3. The molecule has 0 saturated carbocycles. The molecule has 0 spiro atoms. The maximum atomic E-state index is 5.88. The number of imidazole rings is 1. The second-order valence-corrected chi connectivity index (χ2v) is 4.28. The van der Waals surface area contributed by atoms with Crippen molar-refractivity contribution in [2.24, 2.45) is 5.73 Å². The van der Waals surface area contributed by atoms with Crippen molar-refractivity contribution in [1.82, 2.24) is 9.55 Å². The molecule has 1 fully saturated rings. The van der Waals surface area contributed by atoms with Gasteiger partial charge in [0, 0.05) is 18.8 Å². The second kappa shape index (κ2) is 3.37. The monoisotopic (exact) mass is 195 g/mol. The van der Waals surface area contributed by atoms with Crippen LogP contribution in [-0.2, 0) is 10.3 Å². The molecular weight excluding hydrogens is 178 g/mol. The normalized spacial score (nSPS) is 29.4. The van der Waals surface area contributed by atoms with Gasteiger partial charge >= 0.3 is 0 Å². The molecule has 4 nitrogen and oxygen atoms in total. The Morgan fingerprint density at radius 3 is 3.07 bits per heavy atom. The quantitative estimate of drug-likeness (QED) is 0.767. The van der Waals surface area contributed by atoms with Gasteiger partial charge in [-0.1, -0.05) is 0 Å². The lowest BCUT2D eigenvalue weighted by atomic mass is 10.0. The van der Waals surface area contributed by atoms with Crippen molar-refractivity contribution in [2.75, 3.05) is 13.2 Å². The van der Waals surface area contributed by atoms with Gasteiger partial charge in [0.15, 0.2) is 0 Å². The van der Waals surface area contributed by atoms with Crippen LogP contribution in [0, 0.1) is 0 Å². The summed E-state index contributed by atoms with van der Waals surface area (Å²) in [6.45, 7) is 5.75. The van der Waals surface area contributed by atoms with E-state index >= 15 is 0 Å². The fourth-order valence-corrected chi connectivity index (χ4v) is 1.94. The third-order valence-corrected chi connectivity index (χ3v) is 2.91. The highest BCUT2D eigenvalue weighted by Crippen LogP contribution is 2.29. The van der Waals surface area contributed by atoms with Crippen LogP contribution in [0.3, 0.4) is 0 Å². The zero-order valence-electron chi connectivity index (χ0n) is 8.73. The summed E-state index contributed by atoms with van der Waals surface area (Å²) in [6.07, 6.45) is 4.73. The Balaban J connectivity index is 2.35. The van der Waals surface area contributed by atoms with E-state index in [1.165, 1.54) is 0 Å². The molecule has 4 heteroatoms. The topological polar surface area (TPSA) is 53.1 Å². The summed E-state index contributed by atoms with van der Waals surface area (Å²) in [5.41, 5.74) is 7.01. The Kier molecular flexibility index (Phi) is 2.33. The van der Waals surface area contributed by atoms with Crippen molar-refractivity contribution < 1.29 is 4.74 Å². The summed E-state index contributed by atoms with van der Waals surface area (Å²) in [5, 5.41) is 0. The highest BCUT2D eigenvalue weighted by atomic mass is 16.5. The van der Waals surface area contributed by atoms with Gasteiger partial charge in [0.2, 0.25) is 0 Å². The van der Waals surface area contributed by atoms with Gasteiger partial charge in [0.1, 0.15) is 0 Å². The van der Waals surface area contributed by atoms with Gasteiger partial charge in [-0.15, -0.1) is 0 Å². The average Bonchev–Trinajstić information content (AvgIpc) is 2.71. The van der Waals surface area contributed by atoms with Crippen molar-refractivity contribution >= 4 is 0 Å². The van der Waals surface area contributed by atoms with E-state index in [4.69, 9.17) is 10.5 Å². The van der Waals surface area contributed by atoms with Gasteiger partial charge < -0.3 is 15.0 Å². The van der Waals surface area contributed by atoms with E-state index in [1.54, 1.807) is 0 Å². The fourth-order valence-electron chi connectivity index (χ4n) is 1.94. The minimum absolute atomic E-state index is 0.0231. The minimum atomic E-state index is 0.0231. The first-order chi connectivity index (χ1) is 6.63. The molecule has 0 aromatic carbocycles. The van der Waals surface area contributed by atoms with Crippen LogP contribution in [0.2, 0.25) is 0 Å². The SMILES string of the molecule is C[C@@H](N)c1cncn1C1(C)CCOC1. The first kappa shape index (κ1) is 9.68. The Morgan fingerprint density at radius 2 is 2.50 bits per heavy atom. The van der Waals surface area contributed by atoms with E-state index < -0.39 is 0 Å². The molecule has 0 amide bonds. The van der Waals surface area contributed by atoms with E-state index in [0.717, 1.165) is 25.3 Å². The smallest absolute Gasteiger partial charge is 0.0954 e. The second-order valence-electron chi connectivity index (χ2n) is 4.28. The standard InChI is InChI=1S/C10H17N3O/c1-8(11)9-5-12-7-13(9)10(2)3-4-14-6-10/h5,7-8H,3-4,6,11H2,1-2H3/t8-,10?/m1/s1. The number of nitrogens with zero attached hydrogens (tertiary/aromatic N) is 2. The maximum absolute atomic E-state index is 5.88. The fraction of sp³-hybridized carbons (Fsp3) is 0.700. The van der Waals surface area contributed by atoms with Crippen molar-refractivity contribution in [3.63, 3.8) is 0 Å². The summed E-state index contributed by atoms with van der Waals surface area (Å²) in [7, 11) is 0. The van der Waals surface area contributed by atoms with Gasteiger partial charge in [0.05, 0.1) is 24.2 Å². The summed E-state index contributed by atoms with van der Waals surface area (Å²) < 4.78 is 7.59. The summed E-state index contributed by atoms with van der Waals surface area (Å²) in [4.78, 5) is 4.16. The molecule has 2 N–H and O–H groups in total. The Bertz CT molecular complexity index is 313. The third-order valence-electron chi connectivity index (χ3n) is 2.91. The molecule has 0 radical (unpaired) electrons. The Labute approximate surface area is 84.1 Å². The predicted octanol–water partition coefficient (Wildman–Crippen LogP) is 1.04. The van der Waals surface area contributed by atoms with E-state index in [-0.39, 0.29) is 11.6 Å². The Hall–Kier alpha value is -0.870. The van der Waals surface area contributed by atoms with Crippen molar-refractivity contribution in [1.29, 1.82) is 0 Å². The van der Waals surface area contributed by atoms with Gasteiger partial charge in [-0.25, -0.2) is 4.98 Å². The molecule has 1 aliphatic rings. The molecule has 1 aliphatic heterocycles. The van der Waals surface area contributed by atoms with E-state index in [0.29, 0.717) is 0 Å². The zero-order valence-corrected chi connectivity index (χ0v) is 8.73. The van der Waals surface area contributed by atoms with Crippen LogP contribution in [0.15, 0.2) is 12.5 Å². The predicted molar refractivity (Wildman–Crippen MR) is 53.9 cm³/mol. The number of hydrogen-bond donors (Lipinski definition) is 1. The molecule has 2 atom stereocenters. The van der Waals surface area contributed by atoms with Crippen molar-refractivity contribution in [2.45, 2.75) is 31.8 Å². The van der Waals surface area contributed by atoms with Crippen LogP contribution in [0.5, 0.6) is 0 Å². The van der Waals surface area contributed by atoms with Crippen molar-refractivity contribution in [3.05, 3.63) is 18.2 Å². The van der Waals surface area contributed by atoms with Crippen LogP contribution in [0.25, 0.3) is 0 Å². The third kappa shape index (κ3) is 1.44. The lowest BCUT2D eigenvalue weighted by Gasteiger charge is -2.27. The molecule has 1 unspecified atom stereocenters.